The zero-order valence-corrected chi connectivity index (χ0v) is 31.7. The zero-order valence-electron chi connectivity index (χ0n) is 30.8. The number of nitro groups is 1. The lowest BCUT2D eigenvalue weighted by Gasteiger charge is -2.62. The lowest BCUT2D eigenvalue weighted by molar-refractivity contribution is -0.384. The van der Waals surface area contributed by atoms with E-state index >= 15 is 0 Å². The van der Waals surface area contributed by atoms with Gasteiger partial charge in [0.15, 0.2) is 0 Å². The molecule has 2 heterocycles. The van der Waals surface area contributed by atoms with Gasteiger partial charge in [-0.05, 0) is 122 Å². The Morgan fingerprint density at radius 3 is 2.43 bits per heavy atom. The fraction of sp³-hybridized carbons (Fsp3) is 0.488. The van der Waals surface area contributed by atoms with E-state index in [1.165, 1.54) is 41.8 Å². The molecule has 2 aliphatic heterocycles. The molecule has 2 bridgehead atoms. The number of carbonyl (C=O) groups is 1. The van der Waals surface area contributed by atoms with Crippen LogP contribution in [-0.4, -0.2) is 58.1 Å². The van der Waals surface area contributed by atoms with Crippen LogP contribution in [0.15, 0.2) is 77.2 Å². The van der Waals surface area contributed by atoms with Crippen LogP contribution in [0.3, 0.4) is 0 Å². The summed E-state index contributed by atoms with van der Waals surface area (Å²) in [6.07, 6.45) is 8.48. The van der Waals surface area contributed by atoms with Gasteiger partial charge in [-0.2, -0.15) is 0 Å². The molecular weight excluding hydrogens is 691 g/mol. The van der Waals surface area contributed by atoms with Crippen LogP contribution in [0.5, 0.6) is 0 Å². The number of amides is 1. The summed E-state index contributed by atoms with van der Waals surface area (Å²) in [7, 11) is -4.37. The lowest BCUT2D eigenvalue weighted by Crippen LogP contribution is -2.58. The summed E-state index contributed by atoms with van der Waals surface area (Å²) >= 11 is 0. The third kappa shape index (κ3) is 8.08. The predicted molar refractivity (Wildman–Crippen MR) is 209 cm³/mol. The standard InChI is InChI=1S/C41H51N5O6S/c1-27-36-23-32(41(36,2)3)24-38(27)43-33-6-4-5-30(22-33)21-28-13-17-45(18-14-28)34-9-7-31(8-10-34)40(47)44-53(50,51)35-11-12-37(39(25-35)46(48)49)42-26-29-15-19-52-20-16-29/h4-12,21-22,25,27,29,32,36,38,42-43H,13-20,23-24,26H2,1-3H3,(H,44,47)/t27-,32+,36+,38+/m1/s1. The first-order chi connectivity index (χ1) is 25.4. The van der Waals surface area contributed by atoms with E-state index in [2.05, 4.69) is 71.4 Å². The first-order valence-corrected chi connectivity index (χ1v) is 20.4. The topological polar surface area (TPSA) is 143 Å². The van der Waals surface area contributed by atoms with Crippen LogP contribution in [0.1, 0.15) is 75.2 Å². The Balaban J connectivity index is 0.921. The van der Waals surface area contributed by atoms with Crippen LogP contribution < -0.4 is 20.3 Å². The second-order valence-corrected chi connectivity index (χ2v) is 17.7. The minimum absolute atomic E-state index is 0.177. The van der Waals surface area contributed by atoms with Gasteiger partial charge in [-0.25, -0.2) is 13.1 Å². The highest BCUT2D eigenvalue weighted by Crippen LogP contribution is 2.61. The highest BCUT2D eigenvalue weighted by molar-refractivity contribution is 7.90. The van der Waals surface area contributed by atoms with Gasteiger partial charge >= 0.3 is 0 Å². The first kappa shape index (κ1) is 36.9. The SMILES string of the molecule is C[C@H]1[C@@H](Nc2cccc(C=C3CCN(c4ccc(C(=O)NS(=O)(=O)c5ccc(NCC6CCOCC6)c([N+](=O)[O-])c5)cc4)CC3)c2)C[C@@H]2C[C@@H]1C2(C)C. The molecule has 1 amide bonds. The van der Waals surface area contributed by atoms with Gasteiger partial charge in [0.25, 0.3) is 21.6 Å². The lowest BCUT2D eigenvalue weighted by atomic mass is 9.45. The van der Waals surface area contributed by atoms with Gasteiger partial charge in [0.05, 0.1) is 9.82 Å². The van der Waals surface area contributed by atoms with Crippen LogP contribution in [-0.2, 0) is 14.8 Å². The minimum Gasteiger partial charge on any atom is -0.382 e. The Kier molecular flexibility index (Phi) is 10.5. The van der Waals surface area contributed by atoms with Crippen molar-refractivity contribution in [2.75, 3.05) is 48.4 Å². The molecule has 5 aliphatic rings. The second-order valence-electron chi connectivity index (χ2n) is 16.0. The van der Waals surface area contributed by atoms with Gasteiger partial charge in [0.1, 0.15) is 5.69 Å². The molecule has 0 unspecified atom stereocenters. The summed E-state index contributed by atoms with van der Waals surface area (Å²) in [4.78, 5) is 26.1. The molecule has 8 rings (SSSR count). The maximum absolute atomic E-state index is 13.1. The molecule has 0 aromatic heterocycles. The monoisotopic (exact) mass is 741 g/mol. The molecule has 3 aromatic rings. The van der Waals surface area contributed by atoms with Crippen LogP contribution >= 0.6 is 0 Å². The molecule has 12 heteroatoms. The molecule has 5 fully saturated rings. The van der Waals surface area contributed by atoms with Crippen molar-refractivity contribution in [1.29, 1.82) is 0 Å². The number of anilines is 3. The Bertz CT molecular complexity index is 1960. The summed E-state index contributed by atoms with van der Waals surface area (Å²) in [6.45, 7) is 10.8. The first-order valence-electron chi connectivity index (χ1n) is 19.0. The van der Waals surface area contributed by atoms with Gasteiger partial charge in [-0.3, -0.25) is 14.9 Å². The number of fused-ring (bicyclic) bond motifs is 2. The van der Waals surface area contributed by atoms with Crippen molar-refractivity contribution < 1.29 is 22.9 Å². The maximum Gasteiger partial charge on any atom is 0.293 e. The number of carbonyl (C=O) groups excluding carboxylic acids is 1. The van der Waals surface area contributed by atoms with E-state index in [9.17, 15) is 23.3 Å². The number of sulfonamides is 1. The van der Waals surface area contributed by atoms with Crippen molar-refractivity contribution in [2.24, 2.45) is 29.1 Å². The fourth-order valence-corrected chi connectivity index (χ4v) is 9.95. The minimum atomic E-state index is -4.37. The van der Waals surface area contributed by atoms with Gasteiger partial charge in [-0.1, -0.05) is 44.6 Å². The van der Waals surface area contributed by atoms with Gasteiger partial charge < -0.3 is 20.3 Å². The van der Waals surface area contributed by atoms with Crippen LogP contribution in [0.4, 0.5) is 22.7 Å². The van der Waals surface area contributed by atoms with E-state index in [-0.39, 0.29) is 21.8 Å². The number of piperidine rings is 1. The van der Waals surface area contributed by atoms with Crippen molar-refractivity contribution in [3.8, 4) is 0 Å². The Morgan fingerprint density at radius 1 is 1.02 bits per heavy atom. The van der Waals surface area contributed by atoms with E-state index in [0.717, 1.165) is 62.4 Å². The second kappa shape index (κ2) is 15.1. The predicted octanol–water partition coefficient (Wildman–Crippen LogP) is 7.72. The number of hydrogen-bond acceptors (Lipinski definition) is 9. The highest BCUT2D eigenvalue weighted by atomic mass is 32.2. The smallest absolute Gasteiger partial charge is 0.293 e. The Morgan fingerprint density at radius 2 is 1.75 bits per heavy atom. The molecule has 0 spiro atoms. The van der Waals surface area contributed by atoms with Crippen LogP contribution in [0.2, 0.25) is 0 Å². The number of hydrogen-bond donors (Lipinski definition) is 3. The van der Waals surface area contributed by atoms with Gasteiger partial charge in [-0.15, -0.1) is 0 Å². The van der Waals surface area contributed by atoms with Crippen molar-refractivity contribution in [1.82, 2.24) is 4.72 Å². The normalized spacial score (nSPS) is 24.1. The summed E-state index contributed by atoms with van der Waals surface area (Å²) in [5, 5.41) is 18.8. The number of rotatable bonds is 11. The van der Waals surface area contributed by atoms with Gasteiger partial charge in [0, 0.05) is 61.9 Å². The molecule has 2 saturated heterocycles. The Hall–Kier alpha value is -4.42. The molecule has 4 atom stereocenters. The summed E-state index contributed by atoms with van der Waals surface area (Å²) in [6, 6.07) is 19.8. The molecule has 53 heavy (non-hydrogen) atoms. The molecule has 11 nitrogen and oxygen atoms in total. The third-order valence-corrected chi connectivity index (χ3v) is 13.8. The molecule has 0 radical (unpaired) electrons. The zero-order chi connectivity index (χ0) is 37.3. The molecule has 3 aliphatic carbocycles. The van der Waals surface area contributed by atoms with E-state index < -0.39 is 20.9 Å². The molecule has 3 saturated carbocycles. The largest absolute Gasteiger partial charge is 0.382 e. The number of nitro benzene ring substituents is 1. The third-order valence-electron chi connectivity index (χ3n) is 12.5. The van der Waals surface area contributed by atoms with Gasteiger partial charge in [0.2, 0.25) is 0 Å². The number of nitrogens with zero attached hydrogens (tertiary/aromatic N) is 2. The molecule has 3 N–H and O–H groups in total. The number of benzene rings is 3. The average molecular weight is 742 g/mol. The van der Waals surface area contributed by atoms with E-state index in [0.29, 0.717) is 43.1 Å². The average Bonchev–Trinajstić information content (AvgIpc) is 3.15. The molecule has 282 valence electrons. The molecule has 3 aromatic carbocycles. The van der Waals surface area contributed by atoms with Crippen molar-refractivity contribution in [3.05, 3.63) is 93.5 Å². The quantitative estimate of drug-likeness (QED) is 0.133. The van der Waals surface area contributed by atoms with Crippen molar-refractivity contribution >= 4 is 44.8 Å². The summed E-state index contributed by atoms with van der Waals surface area (Å²) in [5.41, 5.74) is 5.28. The number of nitrogens with one attached hydrogen (secondary N) is 3. The maximum atomic E-state index is 13.1. The van der Waals surface area contributed by atoms with E-state index in [1.807, 2.05) is 12.1 Å². The number of ether oxygens (including phenoxy) is 1. The van der Waals surface area contributed by atoms with Crippen LogP contribution in [0.25, 0.3) is 6.08 Å². The Labute approximate surface area is 312 Å². The summed E-state index contributed by atoms with van der Waals surface area (Å²) < 4.78 is 33.7. The fourth-order valence-electron chi connectivity index (χ4n) is 8.95. The highest BCUT2D eigenvalue weighted by Gasteiger charge is 2.56. The van der Waals surface area contributed by atoms with Crippen molar-refractivity contribution in [2.45, 2.75) is 70.2 Å². The molecular formula is C41H51N5O6S. The van der Waals surface area contributed by atoms with E-state index in [4.69, 9.17) is 4.74 Å². The van der Waals surface area contributed by atoms with Crippen molar-refractivity contribution in [3.63, 3.8) is 0 Å². The van der Waals surface area contributed by atoms with E-state index in [1.54, 1.807) is 12.1 Å². The summed E-state index contributed by atoms with van der Waals surface area (Å²) in [5.74, 6) is 1.79. The van der Waals surface area contributed by atoms with Crippen LogP contribution in [0, 0.1) is 39.2 Å².